The van der Waals surface area contributed by atoms with Crippen LogP contribution < -0.4 is 0 Å². The molecule has 8 nitrogen and oxygen atoms in total. The van der Waals surface area contributed by atoms with Crippen molar-refractivity contribution in [2.75, 3.05) is 41.0 Å². The predicted octanol–water partition coefficient (Wildman–Crippen LogP) is 10.7. The van der Waals surface area contributed by atoms with Gasteiger partial charge in [0.05, 0.1) is 34.4 Å². The fourth-order valence-electron chi connectivity index (χ4n) is 6.14. The number of hydrogen-bond donors (Lipinski definition) is 1. The Hall–Kier alpha value is -1.93. The highest BCUT2D eigenvalue weighted by Crippen LogP contribution is 2.14. The lowest BCUT2D eigenvalue weighted by Crippen LogP contribution is -2.50. The van der Waals surface area contributed by atoms with Gasteiger partial charge in [-0.3, -0.25) is 9.59 Å². The van der Waals surface area contributed by atoms with Crippen LogP contribution in [0.3, 0.4) is 0 Å². The van der Waals surface area contributed by atoms with E-state index >= 15 is 0 Å². The minimum Gasteiger partial charge on any atom is -0.477 e. The molecule has 0 aliphatic rings. The highest BCUT2D eigenvalue weighted by Gasteiger charge is 2.31. The quantitative estimate of drug-likeness (QED) is 0.0296. The summed E-state index contributed by atoms with van der Waals surface area (Å²) in [6.45, 7) is 4.69. The molecule has 0 saturated carbocycles. The number of rotatable bonds is 37. The third-order valence-corrected chi connectivity index (χ3v) is 9.41. The zero-order chi connectivity index (χ0) is 37.1. The second kappa shape index (κ2) is 34.2. The van der Waals surface area contributed by atoms with Gasteiger partial charge in [-0.2, -0.15) is 0 Å². The van der Waals surface area contributed by atoms with Crippen LogP contribution in [0.25, 0.3) is 0 Å². The largest absolute Gasteiger partial charge is 0.477 e. The van der Waals surface area contributed by atoms with Crippen molar-refractivity contribution >= 4 is 17.9 Å². The van der Waals surface area contributed by atoms with Gasteiger partial charge in [-0.1, -0.05) is 142 Å². The molecular formula is C42H80NO7+. The van der Waals surface area contributed by atoms with Gasteiger partial charge in [0, 0.05) is 19.3 Å². The maximum Gasteiger partial charge on any atom is 0.362 e. The highest BCUT2D eigenvalue weighted by molar-refractivity contribution is 5.72. The maximum atomic E-state index is 12.6. The SMILES string of the molecule is CCCCCCCCCC/C=C/CCCCCCCCCC(=O)OCC(COCCC(C(=O)O)[N+](C)(C)C)OC(=O)CCCCCCCCC. The van der Waals surface area contributed by atoms with E-state index in [1.807, 2.05) is 21.1 Å². The summed E-state index contributed by atoms with van der Waals surface area (Å²) in [6.07, 6.45) is 34.1. The van der Waals surface area contributed by atoms with Crippen molar-refractivity contribution in [3.05, 3.63) is 12.2 Å². The standard InChI is InChI=1S/C42H79NO7/c1-6-8-10-12-14-15-16-17-18-19-20-21-22-23-24-25-27-28-30-32-40(44)49-37-38(36-48-35-34-39(42(46)47)43(3,4)5)50-41(45)33-31-29-26-13-11-9-7-2/h19-20,38-39H,6-18,21-37H2,1-5H3/p+1/b20-19+. The Balaban J connectivity index is 4.20. The van der Waals surface area contributed by atoms with Crippen LogP contribution in [0.2, 0.25) is 0 Å². The van der Waals surface area contributed by atoms with E-state index in [0.717, 1.165) is 38.5 Å². The van der Waals surface area contributed by atoms with Crippen molar-refractivity contribution < 1.29 is 38.2 Å². The lowest BCUT2D eigenvalue weighted by Gasteiger charge is -2.31. The number of ether oxygens (including phenoxy) is 3. The monoisotopic (exact) mass is 711 g/mol. The number of aliphatic carboxylic acids is 1. The highest BCUT2D eigenvalue weighted by atomic mass is 16.6. The van der Waals surface area contributed by atoms with Crippen LogP contribution in [-0.2, 0) is 28.6 Å². The predicted molar refractivity (Wildman–Crippen MR) is 206 cm³/mol. The van der Waals surface area contributed by atoms with Crippen LogP contribution in [-0.4, -0.2) is 80.6 Å². The Kier molecular flexibility index (Phi) is 32.9. The van der Waals surface area contributed by atoms with Gasteiger partial charge in [0.2, 0.25) is 0 Å². The third-order valence-electron chi connectivity index (χ3n) is 9.41. The van der Waals surface area contributed by atoms with Gasteiger partial charge in [-0.25, -0.2) is 4.79 Å². The third kappa shape index (κ3) is 32.0. The van der Waals surface area contributed by atoms with E-state index in [1.165, 1.54) is 116 Å². The number of allylic oxidation sites excluding steroid dienone is 2. The Morgan fingerprint density at radius 2 is 1.00 bits per heavy atom. The first-order valence-corrected chi connectivity index (χ1v) is 20.7. The molecule has 8 heteroatoms. The molecule has 294 valence electrons. The number of esters is 2. The summed E-state index contributed by atoms with van der Waals surface area (Å²) in [4.78, 5) is 36.7. The van der Waals surface area contributed by atoms with Crippen LogP contribution in [0.1, 0.15) is 187 Å². The van der Waals surface area contributed by atoms with Gasteiger partial charge in [0.1, 0.15) is 6.61 Å². The van der Waals surface area contributed by atoms with Crippen LogP contribution in [0.5, 0.6) is 0 Å². The van der Waals surface area contributed by atoms with Gasteiger partial charge in [-0.05, 0) is 38.5 Å². The average molecular weight is 711 g/mol. The van der Waals surface area contributed by atoms with Crippen molar-refractivity contribution in [2.45, 2.75) is 199 Å². The molecule has 0 aromatic rings. The van der Waals surface area contributed by atoms with E-state index in [4.69, 9.17) is 14.2 Å². The summed E-state index contributed by atoms with van der Waals surface area (Å²) in [5.74, 6) is -1.47. The van der Waals surface area contributed by atoms with Crippen LogP contribution >= 0.6 is 0 Å². The number of likely N-dealkylation sites (N-methyl/N-ethyl adjacent to an activating group) is 1. The molecule has 1 N–H and O–H groups in total. The summed E-state index contributed by atoms with van der Waals surface area (Å²) in [7, 11) is 5.52. The molecule has 50 heavy (non-hydrogen) atoms. The van der Waals surface area contributed by atoms with Crippen LogP contribution in [0, 0.1) is 0 Å². The van der Waals surface area contributed by atoms with Gasteiger partial charge >= 0.3 is 17.9 Å². The van der Waals surface area contributed by atoms with Crippen LogP contribution in [0.15, 0.2) is 12.2 Å². The average Bonchev–Trinajstić information content (AvgIpc) is 3.06. The first kappa shape index (κ1) is 48.1. The zero-order valence-corrected chi connectivity index (χ0v) is 33.4. The van der Waals surface area contributed by atoms with E-state index < -0.39 is 18.1 Å². The Labute approximate surface area is 308 Å². The number of unbranched alkanes of at least 4 members (excludes halogenated alkanes) is 21. The molecule has 0 amide bonds. The molecule has 2 unspecified atom stereocenters. The van der Waals surface area contributed by atoms with E-state index in [0.29, 0.717) is 19.3 Å². The normalized spacial score (nSPS) is 13.1. The van der Waals surface area contributed by atoms with Crippen molar-refractivity contribution in [3.8, 4) is 0 Å². The molecule has 0 fully saturated rings. The van der Waals surface area contributed by atoms with Gasteiger partial charge in [0.25, 0.3) is 0 Å². The molecule has 0 saturated heterocycles. The number of carbonyl (C=O) groups is 3. The molecule has 0 aliphatic heterocycles. The number of hydrogen-bond acceptors (Lipinski definition) is 6. The summed E-state index contributed by atoms with van der Waals surface area (Å²) in [5, 5.41) is 9.57. The van der Waals surface area contributed by atoms with Crippen molar-refractivity contribution in [1.82, 2.24) is 0 Å². The second-order valence-corrected chi connectivity index (χ2v) is 15.2. The molecule has 2 atom stereocenters. The first-order chi connectivity index (χ1) is 24.1. The molecule has 0 bridgehead atoms. The Morgan fingerprint density at radius 3 is 1.44 bits per heavy atom. The number of carbonyl (C=O) groups excluding carboxylic acids is 2. The molecule has 0 rings (SSSR count). The number of nitrogens with zero attached hydrogens (tertiary/aromatic N) is 1. The molecule has 0 aromatic carbocycles. The minimum absolute atomic E-state index is 0.0488. The van der Waals surface area contributed by atoms with Gasteiger partial charge < -0.3 is 23.8 Å². The lowest BCUT2D eigenvalue weighted by molar-refractivity contribution is -0.887. The van der Waals surface area contributed by atoms with E-state index in [2.05, 4.69) is 26.0 Å². The fraction of sp³-hybridized carbons (Fsp3) is 0.881. The van der Waals surface area contributed by atoms with Crippen molar-refractivity contribution in [3.63, 3.8) is 0 Å². The van der Waals surface area contributed by atoms with E-state index in [9.17, 15) is 19.5 Å². The molecule has 0 spiro atoms. The van der Waals surface area contributed by atoms with Gasteiger partial charge in [0.15, 0.2) is 12.1 Å². The first-order valence-electron chi connectivity index (χ1n) is 20.7. The molecule has 0 aromatic heterocycles. The summed E-state index contributed by atoms with van der Waals surface area (Å²) < 4.78 is 17.2. The summed E-state index contributed by atoms with van der Waals surface area (Å²) >= 11 is 0. The zero-order valence-electron chi connectivity index (χ0n) is 33.4. The topological polar surface area (TPSA) is 99.1 Å². The lowest BCUT2D eigenvalue weighted by atomic mass is 10.1. The molecule has 0 heterocycles. The fourth-order valence-corrected chi connectivity index (χ4v) is 6.14. The number of carboxylic acid groups (broad SMARTS) is 1. The molecule has 0 radical (unpaired) electrons. The minimum atomic E-state index is -0.875. The summed E-state index contributed by atoms with van der Waals surface area (Å²) in [6, 6.07) is -0.609. The Bertz CT molecular complexity index is 838. The summed E-state index contributed by atoms with van der Waals surface area (Å²) in [5.41, 5.74) is 0. The van der Waals surface area contributed by atoms with E-state index in [-0.39, 0.29) is 36.2 Å². The van der Waals surface area contributed by atoms with Crippen molar-refractivity contribution in [1.29, 1.82) is 0 Å². The maximum absolute atomic E-state index is 12.6. The number of quaternary nitrogens is 1. The van der Waals surface area contributed by atoms with Gasteiger partial charge in [-0.15, -0.1) is 0 Å². The van der Waals surface area contributed by atoms with Crippen molar-refractivity contribution in [2.24, 2.45) is 0 Å². The molecular weight excluding hydrogens is 630 g/mol. The Morgan fingerprint density at radius 1 is 0.580 bits per heavy atom. The second-order valence-electron chi connectivity index (χ2n) is 15.2. The smallest absolute Gasteiger partial charge is 0.362 e. The molecule has 0 aliphatic carbocycles. The number of carboxylic acids is 1. The van der Waals surface area contributed by atoms with Crippen LogP contribution in [0.4, 0.5) is 0 Å². The van der Waals surface area contributed by atoms with E-state index in [1.54, 1.807) is 0 Å².